The van der Waals surface area contributed by atoms with Crippen molar-refractivity contribution in [3.05, 3.63) is 81.8 Å². The fourth-order valence-corrected chi connectivity index (χ4v) is 4.96. The molecule has 4 rings (SSSR count). The smallest absolute Gasteiger partial charge is 0.296 e. The predicted octanol–water partition coefficient (Wildman–Crippen LogP) is 7.34. The van der Waals surface area contributed by atoms with Gasteiger partial charge in [-0.15, -0.1) is 10.2 Å². The van der Waals surface area contributed by atoms with Crippen LogP contribution >= 0.6 is 23.2 Å². The maximum Gasteiger partial charge on any atom is 0.296 e. The summed E-state index contributed by atoms with van der Waals surface area (Å²) in [7, 11) is -3.25. The number of methoxy groups -OCH3 is 1. The van der Waals surface area contributed by atoms with Gasteiger partial charge in [0.2, 0.25) is 0 Å². The Morgan fingerprint density at radius 2 is 1.76 bits per heavy atom. The standard InChI is InChI=1S/C26H21Cl2N3O6S/c1-3-14-11-21(23(13-20(14)28)38(34,35)36)30-31-24-17-7-5-4-6-15(17)10-18(25(24)32)26(33)29-16-8-9-19(27)22(12-16)37-2/h4-13,32H,3H2,1-2H3,(H,29,33)(H,34,35,36). The van der Waals surface area contributed by atoms with Crippen molar-refractivity contribution in [2.24, 2.45) is 10.2 Å². The molecule has 0 atom stereocenters. The van der Waals surface area contributed by atoms with Gasteiger partial charge in [0.15, 0.2) is 5.75 Å². The summed E-state index contributed by atoms with van der Waals surface area (Å²) in [4.78, 5) is 12.6. The van der Waals surface area contributed by atoms with Crippen LogP contribution in [0.5, 0.6) is 11.5 Å². The summed E-state index contributed by atoms with van der Waals surface area (Å²) in [6, 6.07) is 15.5. The minimum atomic E-state index is -4.69. The van der Waals surface area contributed by atoms with Gasteiger partial charge in [-0.05, 0) is 47.7 Å². The lowest BCUT2D eigenvalue weighted by Crippen LogP contribution is -2.12. The number of fused-ring (bicyclic) bond motifs is 1. The predicted molar refractivity (Wildman–Crippen MR) is 146 cm³/mol. The van der Waals surface area contributed by atoms with Crippen molar-refractivity contribution >= 4 is 67.1 Å². The van der Waals surface area contributed by atoms with E-state index in [0.717, 1.165) is 6.07 Å². The Labute approximate surface area is 228 Å². The topological polar surface area (TPSA) is 138 Å². The summed E-state index contributed by atoms with van der Waals surface area (Å²) in [5.74, 6) is -0.776. The van der Waals surface area contributed by atoms with Crippen LogP contribution in [0.2, 0.25) is 10.0 Å². The molecule has 4 aromatic rings. The number of carbonyl (C=O) groups excluding carboxylic acids is 1. The first kappa shape index (κ1) is 27.3. The third-order valence-corrected chi connectivity index (χ3v) is 7.24. The van der Waals surface area contributed by atoms with E-state index >= 15 is 0 Å². The van der Waals surface area contributed by atoms with Crippen molar-refractivity contribution in [3.8, 4) is 11.5 Å². The average Bonchev–Trinajstić information content (AvgIpc) is 2.88. The molecule has 196 valence electrons. The van der Waals surface area contributed by atoms with Crippen LogP contribution in [0.25, 0.3) is 10.8 Å². The molecular formula is C26H21Cl2N3O6S. The largest absolute Gasteiger partial charge is 0.505 e. The minimum absolute atomic E-state index is 0.0729. The summed E-state index contributed by atoms with van der Waals surface area (Å²) in [6.07, 6.45) is 0.465. The van der Waals surface area contributed by atoms with Gasteiger partial charge in [0.05, 0.1) is 17.7 Å². The fourth-order valence-electron chi connectivity index (χ4n) is 3.77. The first-order valence-corrected chi connectivity index (χ1v) is 13.3. The van der Waals surface area contributed by atoms with E-state index < -0.39 is 26.7 Å². The molecule has 0 fully saturated rings. The second-order valence-electron chi connectivity index (χ2n) is 8.09. The lowest BCUT2D eigenvalue weighted by molar-refractivity contribution is 0.102. The third-order valence-electron chi connectivity index (χ3n) is 5.69. The minimum Gasteiger partial charge on any atom is -0.505 e. The van der Waals surface area contributed by atoms with Gasteiger partial charge in [0, 0.05) is 22.2 Å². The molecule has 0 aromatic heterocycles. The molecular weight excluding hydrogens is 553 g/mol. The van der Waals surface area contributed by atoms with Crippen LogP contribution in [-0.4, -0.2) is 31.1 Å². The Bertz CT molecular complexity index is 1710. The van der Waals surface area contributed by atoms with E-state index in [2.05, 4.69) is 15.5 Å². The number of azo groups is 1. The molecule has 0 radical (unpaired) electrons. The van der Waals surface area contributed by atoms with Gasteiger partial charge in [-0.25, -0.2) is 0 Å². The number of anilines is 1. The molecule has 3 N–H and O–H groups in total. The maximum absolute atomic E-state index is 13.2. The number of rotatable bonds is 7. The highest BCUT2D eigenvalue weighted by Crippen LogP contribution is 2.41. The SMILES string of the molecule is CCc1cc(N=Nc2c(O)c(C(=O)Nc3ccc(Cl)c(OC)c3)cc3ccccc23)c(S(=O)(=O)O)cc1Cl. The van der Waals surface area contributed by atoms with E-state index in [1.54, 1.807) is 36.4 Å². The number of benzene rings is 4. The van der Waals surface area contributed by atoms with Gasteiger partial charge in [-0.1, -0.05) is 54.4 Å². The molecule has 12 heteroatoms. The van der Waals surface area contributed by atoms with Crippen LogP contribution in [0.1, 0.15) is 22.8 Å². The zero-order chi connectivity index (χ0) is 27.6. The Kier molecular flexibility index (Phi) is 7.89. The number of nitrogens with one attached hydrogen (secondary N) is 1. The molecule has 0 saturated carbocycles. The quantitative estimate of drug-likeness (QED) is 0.156. The van der Waals surface area contributed by atoms with Gasteiger partial charge in [0.1, 0.15) is 22.0 Å². The normalized spacial score (nSPS) is 11.7. The van der Waals surface area contributed by atoms with E-state index in [1.807, 2.05) is 6.92 Å². The summed E-state index contributed by atoms with van der Waals surface area (Å²) < 4.78 is 38.8. The van der Waals surface area contributed by atoms with E-state index in [0.29, 0.717) is 39.2 Å². The maximum atomic E-state index is 13.2. The molecule has 0 aliphatic rings. The number of hydrogen-bond donors (Lipinski definition) is 3. The Morgan fingerprint density at radius 3 is 2.45 bits per heavy atom. The van der Waals surface area contributed by atoms with E-state index in [4.69, 9.17) is 27.9 Å². The van der Waals surface area contributed by atoms with Crippen LogP contribution < -0.4 is 10.1 Å². The number of hydrogen-bond acceptors (Lipinski definition) is 7. The molecule has 0 spiro atoms. The van der Waals surface area contributed by atoms with Gasteiger partial charge in [-0.3, -0.25) is 9.35 Å². The molecule has 4 aromatic carbocycles. The van der Waals surface area contributed by atoms with Crippen LogP contribution in [0.4, 0.5) is 17.1 Å². The summed E-state index contributed by atoms with van der Waals surface area (Å²) in [6.45, 7) is 1.81. The second kappa shape index (κ2) is 11.0. The van der Waals surface area contributed by atoms with Gasteiger partial charge >= 0.3 is 0 Å². The Morgan fingerprint density at radius 1 is 1.03 bits per heavy atom. The molecule has 0 heterocycles. The Balaban J connectivity index is 1.83. The summed E-state index contributed by atoms with van der Waals surface area (Å²) in [5.41, 5.74) is 0.593. The molecule has 0 aliphatic heterocycles. The molecule has 1 amide bonds. The number of ether oxygens (including phenoxy) is 1. The molecule has 9 nitrogen and oxygen atoms in total. The van der Waals surface area contributed by atoms with Crippen LogP contribution in [0.3, 0.4) is 0 Å². The van der Waals surface area contributed by atoms with E-state index in [-0.39, 0.29) is 22.0 Å². The van der Waals surface area contributed by atoms with Crippen LogP contribution in [0.15, 0.2) is 75.8 Å². The van der Waals surface area contributed by atoms with Crippen molar-refractivity contribution in [1.29, 1.82) is 0 Å². The highest BCUT2D eigenvalue weighted by molar-refractivity contribution is 7.86. The molecule has 38 heavy (non-hydrogen) atoms. The molecule has 0 unspecified atom stereocenters. The van der Waals surface area contributed by atoms with Crippen molar-refractivity contribution in [2.75, 3.05) is 12.4 Å². The van der Waals surface area contributed by atoms with Crippen LogP contribution in [0, 0.1) is 0 Å². The fraction of sp³-hybridized carbons (Fsp3) is 0.115. The highest BCUT2D eigenvalue weighted by atomic mass is 35.5. The molecule has 0 aliphatic carbocycles. The first-order valence-electron chi connectivity index (χ1n) is 11.1. The van der Waals surface area contributed by atoms with Crippen molar-refractivity contribution in [1.82, 2.24) is 0 Å². The number of aryl methyl sites for hydroxylation is 1. The van der Waals surface area contributed by atoms with Gasteiger partial charge in [-0.2, -0.15) is 8.42 Å². The van der Waals surface area contributed by atoms with E-state index in [1.165, 1.54) is 25.3 Å². The number of nitrogens with zero attached hydrogens (tertiary/aromatic N) is 2. The second-order valence-corrected chi connectivity index (χ2v) is 10.3. The Hall–Kier alpha value is -3.70. The van der Waals surface area contributed by atoms with Gasteiger partial charge in [0.25, 0.3) is 16.0 Å². The highest BCUT2D eigenvalue weighted by Gasteiger charge is 2.21. The molecule has 0 saturated heterocycles. The number of halogens is 2. The monoisotopic (exact) mass is 573 g/mol. The number of amides is 1. The average molecular weight is 574 g/mol. The number of phenols is 1. The van der Waals surface area contributed by atoms with Gasteiger partial charge < -0.3 is 15.2 Å². The lowest BCUT2D eigenvalue weighted by Gasteiger charge is -2.12. The lowest BCUT2D eigenvalue weighted by atomic mass is 10.0. The number of aromatic hydroxyl groups is 1. The number of phenolic OH excluding ortho intramolecular Hbond substituents is 1. The summed E-state index contributed by atoms with van der Waals surface area (Å²) >= 11 is 12.2. The van der Waals surface area contributed by atoms with Crippen LogP contribution in [-0.2, 0) is 16.5 Å². The van der Waals surface area contributed by atoms with Crippen molar-refractivity contribution in [2.45, 2.75) is 18.2 Å². The van der Waals surface area contributed by atoms with E-state index in [9.17, 15) is 22.9 Å². The molecule has 0 bridgehead atoms. The first-order chi connectivity index (χ1) is 18.0. The third kappa shape index (κ3) is 5.58. The zero-order valence-corrected chi connectivity index (χ0v) is 22.4. The summed E-state index contributed by atoms with van der Waals surface area (Å²) in [5, 5.41) is 23.4. The zero-order valence-electron chi connectivity index (χ0n) is 20.1. The number of carbonyl (C=O) groups is 1. The van der Waals surface area contributed by atoms with Crippen molar-refractivity contribution < 1.29 is 27.6 Å². The van der Waals surface area contributed by atoms with Crippen molar-refractivity contribution in [3.63, 3.8) is 0 Å².